The highest BCUT2D eigenvalue weighted by atomic mass is 16.4. The van der Waals surface area contributed by atoms with Gasteiger partial charge in [0, 0.05) is 12.3 Å². The number of carbonyl (C=O) groups is 3. The van der Waals surface area contributed by atoms with Crippen LogP contribution in [0.4, 0.5) is 0 Å². The van der Waals surface area contributed by atoms with Gasteiger partial charge in [-0.3, -0.25) is 14.4 Å². The van der Waals surface area contributed by atoms with Gasteiger partial charge >= 0.3 is 5.97 Å². The number of carbonyl (C=O) groups excluding carboxylic acids is 2. The highest BCUT2D eigenvalue weighted by molar-refractivity contribution is 5.99. The average Bonchev–Trinajstić information content (AvgIpc) is 2.24. The molecule has 6 nitrogen and oxygen atoms in total. The molecule has 0 aliphatic carbocycles. The van der Waals surface area contributed by atoms with Crippen molar-refractivity contribution >= 4 is 17.5 Å². The zero-order valence-corrected chi connectivity index (χ0v) is 13.8. The lowest BCUT2D eigenvalue weighted by atomic mass is 9.77. The normalized spacial score (nSPS) is 16.4. The SMILES string of the molecule is CCCC(=O)C(C(O)(CC(=O)O)C(=O)C(C)C)[N+](C)(C)C. The topological polar surface area (TPSA) is 91.7 Å². The summed E-state index contributed by atoms with van der Waals surface area (Å²) < 4.78 is 0.00106. The monoisotopic (exact) mass is 302 g/mol. The van der Waals surface area contributed by atoms with Crippen LogP contribution in [-0.4, -0.2) is 65.0 Å². The maximum Gasteiger partial charge on any atom is 0.307 e. The van der Waals surface area contributed by atoms with E-state index in [4.69, 9.17) is 5.11 Å². The van der Waals surface area contributed by atoms with Crippen LogP contribution in [0.25, 0.3) is 0 Å². The number of carboxylic acid groups (broad SMARTS) is 1. The van der Waals surface area contributed by atoms with Crippen molar-refractivity contribution in [2.24, 2.45) is 5.92 Å². The maximum absolute atomic E-state index is 12.4. The highest BCUT2D eigenvalue weighted by Crippen LogP contribution is 2.29. The standard InChI is InChI=1S/C15H27NO5/c1-7-8-11(17)13(16(4,5)6)15(21,9-12(18)19)14(20)10(2)3/h10,13,21H,7-9H2,1-6H3/p+1. The minimum atomic E-state index is -2.19. The molecule has 2 atom stereocenters. The summed E-state index contributed by atoms with van der Waals surface area (Å²) in [5.41, 5.74) is -2.19. The first-order chi connectivity index (χ1) is 9.37. The Kier molecular flexibility index (Phi) is 6.70. The number of nitrogens with zero attached hydrogens (tertiary/aromatic N) is 1. The Morgan fingerprint density at radius 3 is 1.90 bits per heavy atom. The summed E-state index contributed by atoms with van der Waals surface area (Å²) in [4.78, 5) is 36.0. The third-order valence-electron chi connectivity index (χ3n) is 3.40. The van der Waals surface area contributed by atoms with Gasteiger partial charge in [0.2, 0.25) is 0 Å². The molecule has 122 valence electrons. The van der Waals surface area contributed by atoms with Gasteiger partial charge in [-0.2, -0.15) is 0 Å². The van der Waals surface area contributed by atoms with E-state index in [1.54, 1.807) is 35.0 Å². The molecule has 0 saturated carbocycles. The summed E-state index contributed by atoms with van der Waals surface area (Å²) in [6.45, 7) is 5.00. The number of aliphatic hydroxyl groups is 1. The van der Waals surface area contributed by atoms with Crippen LogP contribution in [0.15, 0.2) is 0 Å². The number of rotatable bonds is 9. The zero-order chi connectivity index (χ0) is 17.0. The van der Waals surface area contributed by atoms with Crippen molar-refractivity contribution in [2.45, 2.75) is 51.7 Å². The number of likely N-dealkylation sites (N-methyl/N-ethyl adjacent to an activating group) is 1. The third-order valence-corrected chi connectivity index (χ3v) is 3.40. The minimum absolute atomic E-state index is 0.00106. The predicted octanol–water partition coefficient (Wildman–Crippen LogP) is 0.861. The van der Waals surface area contributed by atoms with E-state index >= 15 is 0 Å². The Morgan fingerprint density at radius 2 is 1.62 bits per heavy atom. The van der Waals surface area contributed by atoms with E-state index in [0.717, 1.165) is 0 Å². The lowest BCUT2D eigenvalue weighted by molar-refractivity contribution is -0.892. The first kappa shape index (κ1) is 19.7. The number of hydrogen-bond acceptors (Lipinski definition) is 4. The Morgan fingerprint density at radius 1 is 1.14 bits per heavy atom. The number of ketones is 2. The third kappa shape index (κ3) is 4.89. The predicted molar refractivity (Wildman–Crippen MR) is 78.8 cm³/mol. The molecule has 2 unspecified atom stereocenters. The first-order valence-corrected chi connectivity index (χ1v) is 7.20. The van der Waals surface area contributed by atoms with Crippen molar-refractivity contribution in [3.8, 4) is 0 Å². The van der Waals surface area contributed by atoms with Gasteiger partial charge in [-0.25, -0.2) is 0 Å². The fraction of sp³-hybridized carbons (Fsp3) is 0.800. The fourth-order valence-corrected chi connectivity index (χ4v) is 2.77. The van der Waals surface area contributed by atoms with Crippen LogP contribution >= 0.6 is 0 Å². The van der Waals surface area contributed by atoms with Crippen LogP contribution in [0, 0.1) is 5.92 Å². The Labute approximate surface area is 126 Å². The van der Waals surface area contributed by atoms with E-state index in [1.165, 1.54) is 0 Å². The van der Waals surface area contributed by atoms with E-state index in [1.807, 2.05) is 6.92 Å². The van der Waals surface area contributed by atoms with Crippen molar-refractivity contribution in [2.75, 3.05) is 21.1 Å². The molecule has 2 N–H and O–H groups in total. The Balaban J connectivity index is 5.97. The molecule has 0 rings (SSSR count). The first-order valence-electron chi connectivity index (χ1n) is 7.20. The van der Waals surface area contributed by atoms with Gasteiger partial charge in [0.15, 0.2) is 23.2 Å². The largest absolute Gasteiger partial charge is 0.481 e. The quantitative estimate of drug-likeness (QED) is 0.616. The second kappa shape index (κ2) is 7.13. The van der Waals surface area contributed by atoms with Crippen molar-refractivity contribution in [1.29, 1.82) is 0 Å². The zero-order valence-electron chi connectivity index (χ0n) is 13.8. The number of hydrogen-bond donors (Lipinski definition) is 2. The maximum atomic E-state index is 12.4. The Bertz CT molecular complexity index is 411. The van der Waals surface area contributed by atoms with Gasteiger partial charge < -0.3 is 14.7 Å². The van der Waals surface area contributed by atoms with Gasteiger partial charge in [0.1, 0.15) is 0 Å². The number of carboxylic acids is 1. The smallest absolute Gasteiger partial charge is 0.307 e. The summed E-state index contributed by atoms with van der Waals surface area (Å²) in [5.74, 6) is -2.75. The fourth-order valence-electron chi connectivity index (χ4n) is 2.77. The molecule has 0 aliphatic rings. The van der Waals surface area contributed by atoms with E-state index in [9.17, 15) is 19.5 Å². The molecule has 0 heterocycles. The van der Waals surface area contributed by atoms with Gasteiger partial charge in [0.25, 0.3) is 0 Å². The summed E-state index contributed by atoms with van der Waals surface area (Å²) in [7, 11) is 5.04. The number of Topliss-reactive ketones (excluding diaryl/α,β-unsaturated/α-hetero) is 2. The molecule has 0 radical (unpaired) electrons. The average molecular weight is 302 g/mol. The van der Waals surface area contributed by atoms with Gasteiger partial charge in [-0.05, 0) is 6.42 Å². The molecule has 6 heteroatoms. The molecule has 0 aliphatic heterocycles. The summed E-state index contributed by atoms with van der Waals surface area (Å²) in [6, 6.07) is -1.09. The van der Waals surface area contributed by atoms with E-state index in [0.29, 0.717) is 6.42 Å². The Hall–Kier alpha value is -1.27. The number of quaternary nitrogens is 1. The molecule has 0 aromatic rings. The minimum Gasteiger partial charge on any atom is -0.481 e. The molecule has 0 aromatic heterocycles. The van der Waals surface area contributed by atoms with Crippen LogP contribution < -0.4 is 0 Å². The van der Waals surface area contributed by atoms with E-state index in [-0.39, 0.29) is 16.7 Å². The summed E-state index contributed by atoms with van der Waals surface area (Å²) in [6.07, 6.45) is 0.0154. The van der Waals surface area contributed by atoms with Crippen molar-refractivity contribution in [3.63, 3.8) is 0 Å². The van der Waals surface area contributed by atoms with Crippen LogP contribution in [0.5, 0.6) is 0 Å². The highest BCUT2D eigenvalue weighted by Gasteiger charge is 2.55. The van der Waals surface area contributed by atoms with Crippen LogP contribution in [0.3, 0.4) is 0 Å². The lowest BCUT2D eigenvalue weighted by Crippen LogP contribution is -2.67. The molecule has 0 fully saturated rings. The van der Waals surface area contributed by atoms with Crippen molar-refractivity contribution < 1.29 is 29.1 Å². The summed E-state index contributed by atoms with van der Waals surface area (Å²) >= 11 is 0. The molecular formula is C15H28NO5+. The summed E-state index contributed by atoms with van der Waals surface area (Å²) in [5, 5.41) is 19.9. The van der Waals surface area contributed by atoms with Crippen molar-refractivity contribution in [1.82, 2.24) is 0 Å². The molecule has 0 saturated heterocycles. The van der Waals surface area contributed by atoms with Crippen LogP contribution in [0.2, 0.25) is 0 Å². The van der Waals surface area contributed by atoms with Crippen LogP contribution in [-0.2, 0) is 14.4 Å². The second-order valence-corrected chi connectivity index (χ2v) is 6.75. The number of aliphatic carboxylic acids is 1. The molecular weight excluding hydrogens is 274 g/mol. The molecule has 0 bridgehead atoms. The van der Waals surface area contributed by atoms with Gasteiger partial charge in [-0.1, -0.05) is 20.8 Å². The van der Waals surface area contributed by atoms with Crippen molar-refractivity contribution in [3.05, 3.63) is 0 Å². The van der Waals surface area contributed by atoms with Gasteiger partial charge in [-0.15, -0.1) is 0 Å². The molecule has 21 heavy (non-hydrogen) atoms. The second-order valence-electron chi connectivity index (χ2n) is 6.75. The molecule has 0 aromatic carbocycles. The lowest BCUT2D eigenvalue weighted by Gasteiger charge is -2.42. The van der Waals surface area contributed by atoms with E-state index in [2.05, 4.69) is 0 Å². The molecule has 0 amide bonds. The van der Waals surface area contributed by atoms with Gasteiger partial charge in [0.05, 0.1) is 27.6 Å². The van der Waals surface area contributed by atoms with E-state index < -0.39 is 35.7 Å². The van der Waals surface area contributed by atoms with Crippen LogP contribution in [0.1, 0.15) is 40.0 Å². The molecule has 0 spiro atoms.